The lowest BCUT2D eigenvalue weighted by Crippen LogP contribution is -2.20. The molecule has 0 spiro atoms. The van der Waals surface area contributed by atoms with Crippen molar-refractivity contribution in [3.8, 4) is 5.75 Å². The standard InChI is InChI=1S/C12H10O3/c1-7-6-8-4-3-5-9(15-2)10(8)12(14)11(7)13/h3-6H,1-2H3. The van der Waals surface area contributed by atoms with Crippen LogP contribution in [-0.4, -0.2) is 18.7 Å². The molecule has 1 aliphatic rings. The summed E-state index contributed by atoms with van der Waals surface area (Å²) in [5.74, 6) is -0.482. The molecule has 0 saturated heterocycles. The fourth-order valence-corrected chi connectivity index (χ4v) is 1.67. The molecule has 0 radical (unpaired) electrons. The lowest BCUT2D eigenvalue weighted by atomic mass is 9.90. The van der Waals surface area contributed by atoms with Gasteiger partial charge in [0.1, 0.15) is 5.75 Å². The van der Waals surface area contributed by atoms with Gasteiger partial charge in [-0.15, -0.1) is 0 Å². The van der Waals surface area contributed by atoms with Gasteiger partial charge >= 0.3 is 0 Å². The smallest absolute Gasteiger partial charge is 0.237 e. The molecular formula is C12H10O3. The van der Waals surface area contributed by atoms with Crippen molar-refractivity contribution in [1.82, 2.24) is 0 Å². The zero-order chi connectivity index (χ0) is 11.0. The van der Waals surface area contributed by atoms with E-state index >= 15 is 0 Å². The highest BCUT2D eigenvalue weighted by Crippen LogP contribution is 2.29. The zero-order valence-corrected chi connectivity index (χ0v) is 8.53. The van der Waals surface area contributed by atoms with Gasteiger partial charge in [-0.1, -0.05) is 12.1 Å². The van der Waals surface area contributed by atoms with Crippen molar-refractivity contribution >= 4 is 17.6 Å². The maximum Gasteiger partial charge on any atom is 0.237 e. The van der Waals surface area contributed by atoms with E-state index in [0.29, 0.717) is 16.9 Å². The number of ketones is 2. The number of hydrogen-bond donors (Lipinski definition) is 0. The summed E-state index contributed by atoms with van der Waals surface area (Å²) < 4.78 is 5.06. The van der Waals surface area contributed by atoms with Gasteiger partial charge in [-0.25, -0.2) is 0 Å². The van der Waals surface area contributed by atoms with Crippen LogP contribution in [0.5, 0.6) is 5.75 Å². The van der Waals surface area contributed by atoms with Crippen molar-refractivity contribution in [3.63, 3.8) is 0 Å². The summed E-state index contributed by atoms with van der Waals surface area (Å²) in [4.78, 5) is 23.2. The molecule has 0 heterocycles. The minimum atomic E-state index is -0.484. The van der Waals surface area contributed by atoms with Gasteiger partial charge < -0.3 is 4.74 Å². The highest BCUT2D eigenvalue weighted by atomic mass is 16.5. The number of benzene rings is 1. The molecule has 0 fully saturated rings. The Morgan fingerprint density at radius 3 is 2.53 bits per heavy atom. The third-order valence-corrected chi connectivity index (χ3v) is 2.44. The molecule has 0 bridgehead atoms. The molecule has 3 heteroatoms. The fraction of sp³-hybridized carbons (Fsp3) is 0.167. The van der Waals surface area contributed by atoms with Crippen LogP contribution in [0.15, 0.2) is 23.8 Å². The van der Waals surface area contributed by atoms with Crippen molar-refractivity contribution in [1.29, 1.82) is 0 Å². The second kappa shape index (κ2) is 3.35. The van der Waals surface area contributed by atoms with E-state index in [0.717, 1.165) is 5.56 Å². The molecule has 0 aromatic heterocycles. The third-order valence-electron chi connectivity index (χ3n) is 2.44. The van der Waals surface area contributed by atoms with Crippen LogP contribution in [0.3, 0.4) is 0 Å². The highest BCUT2D eigenvalue weighted by Gasteiger charge is 2.27. The van der Waals surface area contributed by atoms with Crippen LogP contribution in [0.1, 0.15) is 22.8 Å². The van der Waals surface area contributed by atoms with E-state index in [1.165, 1.54) is 7.11 Å². The molecule has 1 aromatic carbocycles. The van der Waals surface area contributed by atoms with E-state index in [4.69, 9.17) is 4.74 Å². The summed E-state index contributed by atoms with van der Waals surface area (Å²) in [5, 5.41) is 0. The Morgan fingerprint density at radius 1 is 1.13 bits per heavy atom. The zero-order valence-electron chi connectivity index (χ0n) is 8.53. The van der Waals surface area contributed by atoms with Gasteiger partial charge in [0.2, 0.25) is 11.6 Å². The van der Waals surface area contributed by atoms with Gasteiger partial charge in [-0.2, -0.15) is 0 Å². The van der Waals surface area contributed by atoms with Crippen molar-refractivity contribution < 1.29 is 14.3 Å². The minimum Gasteiger partial charge on any atom is -0.496 e. The fourth-order valence-electron chi connectivity index (χ4n) is 1.67. The molecule has 1 aromatic rings. The maximum absolute atomic E-state index is 11.7. The number of allylic oxidation sites excluding steroid dienone is 1. The van der Waals surface area contributed by atoms with Crippen LogP contribution in [0, 0.1) is 0 Å². The van der Waals surface area contributed by atoms with E-state index in [1.54, 1.807) is 31.2 Å². The Kier molecular flexibility index (Phi) is 2.15. The lowest BCUT2D eigenvalue weighted by Gasteiger charge is -2.14. The first-order valence-electron chi connectivity index (χ1n) is 4.59. The molecule has 0 aliphatic heterocycles. The van der Waals surface area contributed by atoms with Crippen LogP contribution in [0.4, 0.5) is 0 Å². The molecule has 0 N–H and O–H groups in total. The first-order valence-corrected chi connectivity index (χ1v) is 4.59. The Morgan fingerprint density at radius 2 is 1.87 bits per heavy atom. The predicted molar refractivity (Wildman–Crippen MR) is 56.0 cm³/mol. The summed E-state index contributed by atoms with van der Waals surface area (Å²) in [6.07, 6.45) is 1.71. The average Bonchev–Trinajstić information content (AvgIpc) is 2.25. The summed E-state index contributed by atoms with van der Waals surface area (Å²) in [6, 6.07) is 5.27. The molecule has 15 heavy (non-hydrogen) atoms. The summed E-state index contributed by atoms with van der Waals surface area (Å²) in [6.45, 7) is 1.64. The van der Waals surface area contributed by atoms with Crippen LogP contribution in [-0.2, 0) is 4.79 Å². The molecule has 1 aliphatic carbocycles. The number of rotatable bonds is 1. The summed E-state index contributed by atoms with van der Waals surface area (Å²) in [7, 11) is 1.48. The van der Waals surface area contributed by atoms with E-state index in [-0.39, 0.29) is 0 Å². The number of ether oxygens (including phenoxy) is 1. The average molecular weight is 202 g/mol. The van der Waals surface area contributed by atoms with Crippen LogP contribution < -0.4 is 4.74 Å². The number of carbonyl (C=O) groups is 2. The number of hydrogen-bond acceptors (Lipinski definition) is 3. The summed E-state index contributed by atoms with van der Waals surface area (Å²) >= 11 is 0. The molecule has 76 valence electrons. The van der Waals surface area contributed by atoms with E-state index in [1.807, 2.05) is 0 Å². The van der Waals surface area contributed by atoms with Gasteiger partial charge in [0.15, 0.2) is 0 Å². The Bertz CT molecular complexity index is 484. The quantitative estimate of drug-likeness (QED) is 0.653. The largest absolute Gasteiger partial charge is 0.496 e. The van der Waals surface area contributed by atoms with Gasteiger partial charge in [0.25, 0.3) is 0 Å². The maximum atomic E-state index is 11.7. The van der Waals surface area contributed by atoms with E-state index in [2.05, 4.69) is 0 Å². The summed E-state index contributed by atoms with van der Waals surface area (Å²) in [5.41, 5.74) is 1.59. The lowest BCUT2D eigenvalue weighted by molar-refractivity contribution is -0.111. The molecule has 0 saturated carbocycles. The molecule has 0 unspecified atom stereocenters. The Balaban J connectivity index is 2.72. The van der Waals surface area contributed by atoms with Gasteiger partial charge in [0.05, 0.1) is 12.7 Å². The molecule has 3 nitrogen and oxygen atoms in total. The van der Waals surface area contributed by atoms with E-state index < -0.39 is 11.6 Å². The van der Waals surface area contributed by atoms with Crippen molar-refractivity contribution in [2.24, 2.45) is 0 Å². The van der Waals surface area contributed by atoms with E-state index in [9.17, 15) is 9.59 Å². The topological polar surface area (TPSA) is 43.4 Å². The highest BCUT2D eigenvalue weighted by molar-refractivity contribution is 6.52. The van der Waals surface area contributed by atoms with Crippen molar-refractivity contribution in [3.05, 3.63) is 34.9 Å². The predicted octanol–water partition coefficient (Wildman–Crippen LogP) is 1.86. The molecule has 2 rings (SSSR count). The van der Waals surface area contributed by atoms with Gasteiger partial charge in [-0.05, 0) is 24.6 Å². The number of fused-ring (bicyclic) bond motifs is 1. The normalized spacial score (nSPS) is 14.7. The number of Topliss-reactive ketones (excluding diaryl/α,β-unsaturated/α-hetero) is 2. The second-order valence-electron chi connectivity index (χ2n) is 3.41. The van der Waals surface area contributed by atoms with Crippen LogP contribution >= 0.6 is 0 Å². The van der Waals surface area contributed by atoms with Crippen LogP contribution in [0.2, 0.25) is 0 Å². The van der Waals surface area contributed by atoms with Crippen molar-refractivity contribution in [2.45, 2.75) is 6.92 Å². The SMILES string of the molecule is COc1cccc2c1C(=O)C(=O)C(C)=C2. The third kappa shape index (κ3) is 1.36. The monoisotopic (exact) mass is 202 g/mol. The number of methoxy groups -OCH3 is 1. The Labute approximate surface area is 87.4 Å². The molecule has 0 atom stereocenters. The molecule has 0 amide bonds. The molecular weight excluding hydrogens is 192 g/mol. The number of carbonyl (C=O) groups excluding carboxylic acids is 2. The van der Waals surface area contributed by atoms with Gasteiger partial charge in [0, 0.05) is 5.57 Å². The first kappa shape index (κ1) is 9.65. The minimum absolute atomic E-state index is 0.371. The first-order chi connectivity index (χ1) is 7.15. The van der Waals surface area contributed by atoms with Gasteiger partial charge in [-0.3, -0.25) is 9.59 Å². The second-order valence-corrected chi connectivity index (χ2v) is 3.41. The van der Waals surface area contributed by atoms with Crippen molar-refractivity contribution in [2.75, 3.05) is 7.11 Å². The Hall–Kier alpha value is -1.90. The van der Waals surface area contributed by atoms with Crippen LogP contribution in [0.25, 0.3) is 6.08 Å².